The van der Waals surface area contributed by atoms with Crippen molar-refractivity contribution in [3.8, 4) is 0 Å². The molecule has 1 aliphatic heterocycles. The van der Waals surface area contributed by atoms with E-state index in [1.807, 2.05) is 19.2 Å². The molecule has 1 aromatic carbocycles. The summed E-state index contributed by atoms with van der Waals surface area (Å²) in [4.78, 5) is 22.6. The molecule has 2 aromatic heterocycles. The van der Waals surface area contributed by atoms with Crippen molar-refractivity contribution >= 4 is 39.8 Å². The quantitative estimate of drug-likeness (QED) is 0.600. The number of aromatic nitrogens is 2. The normalized spacial score (nSPS) is 16.6. The van der Waals surface area contributed by atoms with Gasteiger partial charge in [-0.2, -0.15) is 0 Å². The summed E-state index contributed by atoms with van der Waals surface area (Å²) in [5, 5.41) is 0.570. The molecular weight excluding hydrogens is 379 g/mol. The van der Waals surface area contributed by atoms with Gasteiger partial charge in [0.25, 0.3) is 5.91 Å². The molecule has 28 heavy (non-hydrogen) atoms. The number of hydrogen-bond donors (Lipinski definition) is 2. The maximum absolute atomic E-state index is 13.8. The number of carbonyl (C=O) groups is 1. The predicted octanol–water partition coefficient (Wildman–Crippen LogP) is 4.95. The topological polar surface area (TPSA) is 75.0 Å². The number of nitrogens with two attached hydrogens (primary N) is 1. The van der Waals surface area contributed by atoms with E-state index in [1.165, 1.54) is 12.1 Å². The minimum atomic E-state index is -0.592. The third-order valence-electron chi connectivity index (χ3n) is 5.12. The van der Waals surface area contributed by atoms with Crippen molar-refractivity contribution in [2.24, 2.45) is 0 Å². The van der Waals surface area contributed by atoms with Crippen molar-refractivity contribution in [2.45, 2.75) is 26.2 Å². The molecule has 4 rings (SSSR count). The second-order valence-corrected chi connectivity index (χ2v) is 7.50. The fourth-order valence-corrected chi connectivity index (χ4v) is 3.89. The Balaban J connectivity index is 1.79. The van der Waals surface area contributed by atoms with Crippen LogP contribution in [-0.2, 0) is 0 Å². The molecule has 3 heterocycles. The van der Waals surface area contributed by atoms with Crippen LogP contribution in [0.4, 0.5) is 10.1 Å². The molecule has 7 heteroatoms. The summed E-state index contributed by atoms with van der Waals surface area (Å²) in [6.07, 6.45) is 4.20. The molecule has 0 saturated carbocycles. The second kappa shape index (κ2) is 6.95. The van der Waals surface area contributed by atoms with Crippen LogP contribution in [0.1, 0.15) is 47.8 Å². The van der Waals surface area contributed by atoms with Crippen LogP contribution in [-0.4, -0.2) is 27.3 Å². The van der Waals surface area contributed by atoms with Crippen molar-refractivity contribution in [1.82, 2.24) is 14.9 Å². The van der Waals surface area contributed by atoms with Crippen LogP contribution in [0.2, 0.25) is 5.02 Å². The van der Waals surface area contributed by atoms with Gasteiger partial charge >= 0.3 is 0 Å². The van der Waals surface area contributed by atoms with E-state index in [2.05, 4.69) is 16.9 Å². The highest BCUT2D eigenvalue weighted by Crippen LogP contribution is 2.37. The Morgan fingerprint density at radius 1 is 1.43 bits per heavy atom. The SMILES string of the molecule is CCC1=CN(C(=O)c2ccc(N)c(F)c2)CC(C)c2c1[nH]c1cc(Cl)cnc21. The molecule has 5 nitrogen and oxygen atoms in total. The number of rotatable bonds is 2. The third kappa shape index (κ3) is 3.03. The number of nitrogens with one attached hydrogen (secondary N) is 1. The number of carbonyl (C=O) groups excluding carboxylic acids is 1. The van der Waals surface area contributed by atoms with Gasteiger partial charge in [0.1, 0.15) is 5.82 Å². The fourth-order valence-electron chi connectivity index (χ4n) is 3.73. The van der Waals surface area contributed by atoms with Crippen LogP contribution in [0.5, 0.6) is 0 Å². The monoisotopic (exact) mass is 398 g/mol. The number of benzene rings is 1. The number of hydrogen-bond acceptors (Lipinski definition) is 3. The average molecular weight is 399 g/mol. The molecule has 0 aliphatic carbocycles. The molecule has 1 aliphatic rings. The summed E-state index contributed by atoms with van der Waals surface area (Å²) in [6, 6.07) is 6.01. The smallest absolute Gasteiger partial charge is 0.257 e. The zero-order chi connectivity index (χ0) is 20.0. The van der Waals surface area contributed by atoms with E-state index in [1.54, 1.807) is 17.2 Å². The third-order valence-corrected chi connectivity index (χ3v) is 5.33. The van der Waals surface area contributed by atoms with Gasteiger partial charge in [-0.25, -0.2) is 4.39 Å². The first-order valence-corrected chi connectivity index (χ1v) is 9.51. The van der Waals surface area contributed by atoms with Gasteiger partial charge < -0.3 is 15.6 Å². The number of nitrogens with zero attached hydrogens (tertiary/aromatic N) is 2. The maximum Gasteiger partial charge on any atom is 0.257 e. The van der Waals surface area contributed by atoms with E-state index >= 15 is 0 Å². The molecule has 0 saturated heterocycles. The Kier molecular flexibility index (Phi) is 4.59. The lowest BCUT2D eigenvalue weighted by atomic mass is 9.97. The van der Waals surface area contributed by atoms with Crippen LogP contribution in [0, 0.1) is 5.82 Å². The summed E-state index contributed by atoms with van der Waals surface area (Å²) in [7, 11) is 0. The van der Waals surface area contributed by atoms with E-state index in [-0.39, 0.29) is 23.1 Å². The van der Waals surface area contributed by atoms with Crippen molar-refractivity contribution in [1.29, 1.82) is 0 Å². The van der Waals surface area contributed by atoms with Crippen LogP contribution >= 0.6 is 11.6 Å². The number of allylic oxidation sites excluding steroid dienone is 1. The number of amides is 1. The lowest BCUT2D eigenvalue weighted by molar-refractivity contribution is 0.0817. The number of halogens is 2. The number of nitrogen functional groups attached to an aromatic ring is 1. The van der Waals surface area contributed by atoms with Crippen LogP contribution in [0.15, 0.2) is 36.7 Å². The van der Waals surface area contributed by atoms with Crippen molar-refractivity contribution in [2.75, 3.05) is 12.3 Å². The number of pyridine rings is 1. The highest BCUT2D eigenvalue weighted by atomic mass is 35.5. The number of fused-ring (bicyclic) bond motifs is 3. The van der Waals surface area contributed by atoms with Gasteiger partial charge in [0.2, 0.25) is 0 Å². The Bertz CT molecular complexity index is 1120. The molecule has 0 fully saturated rings. The molecular formula is C21H20ClFN4O. The molecule has 1 atom stereocenters. The molecule has 3 aromatic rings. The summed E-state index contributed by atoms with van der Waals surface area (Å²) in [6.45, 7) is 4.54. The number of H-pyrrole nitrogens is 1. The van der Waals surface area contributed by atoms with Gasteiger partial charge in [-0.15, -0.1) is 0 Å². The summed E-state index contributed by atoms with van der Waals surface area (Å²) < 4.78 is 13.8. The molecule has 3 N–H and O–H groups in total. The van der Waals surface area contributed by atoms with E-state index in [0.29, 0.717) is 11.6 Å². The number of aromatic amines is 1. The first-order valence-electron chi connectivity index (χ1n) is 9.13. The largest absolute Gasteiger partial charge is 0.396 e. The summed E-state index contributed by atoms with van der Waals surface area (Å²) in [5.74, 6) is -0.826. The lowest BCUT2D eigenvalue weighted by Gasteiger charge is -2.21. The Labute approximate surface area is 167 Å². The zero-order valence-electron chi connectivity index (χ0n) is 15.6. The molecule has 0 bridgehead atoms. The van der Waals surface area contributed by atoms with E-state index in [4.69, 9.17) is 17.3 Å². The Hall–Kier alpha value is -2.86. The first kappa shape index (κ1) is 18.5. The van der Waals surface area contributed by atoms with Crippen molar-refractivity contribution < 1.29 is 9.18 Å². The Morgan fingerprint density at radius 3 is 2.93 bits per heavy atom. The molecule has 144 valence electrons. The van der Waals surface area contributed by atoms with Crippen LogP contribution in [0.25, 0.3) is 16.6 Å². The standard InChI is InChI=1S/C21H20ClFN4O/c1-3-12-10-27(21(28)13-4-5-16(24)15(23)6-13)9-11(2)18-19(12)26-17-7-14(22)8-25-20(17)18/h4-8,10-11,26H,3,9,24H2,1-2H3. The van der Waals surface area contributed by atoms with Gasteiger partial charge in [0, 0.05) is 41.7 Å². The number of anilines is 1. The van der Waals surface area contributed by atoms with E-state index in [0.717, 1.165) is 34.3 Å². The molecule has 1 unspecified atom stereocenters. The van der Waals surface area contributed by atoms with Gasteiger partial charge in [0.05, 0.1) is 21.7 Å². The van der Waals surface area contributed by atoms with E-state index < -0.39 is 5.82 Å². The van der Waals surface area contributed by atoms with Crippen molar-refractivity contribution in [3.05, 3.63) is 64.3 Å². The molecule has 0 spiro atoms. The van der Waals surface area contributed by atoms with Crippen LogP contribution in [0.3, 0.4) is 0 Å². The van der Waals surface area contributed by atoms with Crippen LogP contribution < -0.4 is 5.73 Å². The highest BCUT2D eigenvalue weighted by Gasteiger charge is 2.28. The van der Waals surface area contributed by atoms with Gasteiger partial charge in [-0.3, -0.25) is 9.78 Å². The Morgan fingerprint density at radius 2 is 2.21 bits per heavy atom. The maximum atomic E-state index is 13.8. The van der Waals surface area contributed by atoms with Gasteiger partial charge in [0.15, 0.2) is 0 Å². The minimum Gasteiger partial charge on any atom is -0.396 e. The second-order valence-electron chi connectivity index (χ2n) is 7.07. The molecule has 1 amide bonds. The average Bonchev–Trinajstić information content (AvgIpc) is 2.98. The highest BCUT2D eigenvalue weighted by molar-refractivity contribution is 6.31. The molecule has 0 radical (unpaired) electrons. The van der Waals surface area contributed by atoms with Gasteiger partial charge in [-0.05, 0) is 36.3 Å². The van der Waals surface area contributed by atoms with Gasteiger partial charge in [-0.1, -0.05) is 25.4 Å². The predicted molar refractivity (Wildman–Crippen MR) is 110 cm³/mol. The zero-order valence-corrected chi connectivity index (χ0v) is 16.3. The fraction of sp³-hybridized carbons (Fsp3) is 0.238. The minimum absolute atomic E-state index is 0.0248. The van der Waals surface area contributed by atoms with E-state index in [9.17, 15) is 9.18 Å². The summed E-state index contributed by atoms with van der Waals surface area (Å²) in [5.41, 5.74) is 10.6. The first-order chi connectivity index (χ1) is 13.4. The van der Waals surface area contributed by atoms with Crippen molar-refractivity contribution in [3.63, 3.8) is 0 Å². The lowest BCUT2D eigenvalue weighted by Crippen LogP contribution is -2.29. The summed E-state index contributed by atoms with van der Waals surface area (Å²) >= 11 is 6.09.